The van der Waals surface area contributed by atoms with Crippen molar-refractivity contribution in [3.05, 3.63) is 22.4 Å². The summed E-state index contributed by atoms with van der Waals surface area (Å²) in [5.41, 5.74) is 0. The second-order valence-electron chi connectivity index (χ2n) is 4.93. The van der Waals surface area contributed by atoms with E-state index in [1.165, 1.54) is 16.9 Å². The lowest BCUT2D eigenvalue weighted by Gasteiger charge is -2.29. The third kappa shape index (κ3) is 3.70. The number of rotatable bonds is 5. The van der Waals surface area contributed by atoms with Gasteiger partial charge in [0.25, 0.3) is 0 Å². The highest BCUT2D eigenvalue weighted by molar-refractivity contribution is 5.13. The van der Waals surface area contributed by atoms with Gasteiger partial charge in [0.1, 0.15) is 0 Å². The van der Waals surface area contributed by atoms with Gasteiger partial charge in [-0.2, -0.15) is 17.9 Å². The Bertz CT molecular complexity index is 505. The fraction of sp³-hybridized carbons (Fsp3) is 0.727. The van der Waals surface area contributed by atoms with E-state index in [4.69, 9.17) is 0 Å². The summed E-state index contributed by atoms with van der Waals surface area (Å²) in [5, 5.41) is 23.5. The molecule has 0 saturated carbocycles. The van der Waals surface area contributed by atoms with Gasteiger partial charge < -0.3 is 15.2 Å². The molecule has 10 heteroatoms. The predicted molar refractivity (Wildman–Crippen MR) is 65.5 cm³/mol. The van der Waals surface area contributed by atoms with Crippen LogP contribution in [0.1, 0.15) is 12.8 Å². The average Bonchev–Trinajstić information content (AvgIpc) is 3.03. The van der Waals surface area contributed by atoms with E-state index in [9.17, 15) is 28.4 Å². The van der Waals surface area contributed by atoms with Crippen LogP contribution in [-0.4, -0.2) is 56.1 Å². The Labute approximate surface area is 118 Å². The van der Waals surface area contributed by atoms with E-state index in [1.807, 2.05) is 0 Å². The summed E-state index contributed by atoms with van der Waals surface area (Å²) < 4.78 is 39.0. The van der Waals surface area contributed by atoms with Crippen molar-refractivity contribution in [2.24, 2.45) is 0 Å². The number of likely N-dealkylation sites (tertiary alicyclic amines) is 1. The van der Waals surface area contributed by atoms with Crippen LogP contribution in [-0.2, 0) is 6.54 Å². The summed E-state index contributed by atoms with van der Waals surface area (Å²) in [4.78, 5) is 11.4. The van der Waals surface area contributed by atoms with Crippen molar-refractivity contribution >= 4 is 5.82 Å². The Morgan fingerprint density at radius 1 is 1.52 bits per heavy atom. The van der Waals surface area contributed by atoms with E-state index in [2.05, 4.69) is 5.10 Å². The van der Waals surface area contributed by atoms with Crippen LogP contribution in [0.15, 0.2) is 12.3 Å². The lowest BCUT2D eigenvalue weighted by molar-refractivity contribution is -0.389. The molecule has 1 aliphatic heterocycles. The maximum absolute atomic E-state index is 12.6. The van der Waals surface area contributed by atoms with Crippen molar-refractivity contribution in [2.75, 3.05) is 13.1 Å². The fourth-order valence-electron chi connectivity index (χ4n) is 2.51. The zero-order valence-corrected chi connectivity index (χ0v) is 11.0. The lowest BCUT2D eigenvalue weighted by Crippen LogP contribution is -2.47. The van der Waals surface area contributed by atoms with E-state index in [0.717, 1.165) is 0 Å². The summed E-state index contributed by atoms with van der Waals surface area (Å²) in [6.07, 6.45) is -4.75. The molecule has 0 aromatic carbocycles. The first-order valence-corrected chi connectivity index (χ1v) is 6.45. The van der Waals surface area contributed by atoms with Crippen LogP contribution in [0.5, 0.6) is 0 Å². The van der Waals surface area contributed by atoms with Crippen LogP contribution in [0.2, 0.25) is 0 Å². The number of nitrogens with zero attached hydrogens (tertiary/aromatic N) is 4. The molecule has 0 aliphatic carbocycles. The van der Waals surface area contributed by atoms with E-state index in [-0.39, 0.29) is 25.3 Å². The second kappa shape index (κ2) is 5.98. The standard InChI is InChI=1S/C11H15F3N4O3/c12-11(13,14)10(19)8-2-1-4-16(8)6-7-17-5-3-9(15-17)18(20)21/h3,5,8,10,19H,1-2,4,6-7H2. The number of aromatic nitrogens is 2. The number of hydrogen-bond donors (Lipinski definition) is 1. The molecule has 1 N–H and O–H groups in total. The first kappa shape index (κ1) is 15.7. The molecule has 7 nitrogen and oxygen atoms in total. The molecule has 2 unspecified atom stereocenters. The third-order valence-corrected chi connectivity index (χ3v) is 3.54. The Kier molecular flexibility index (Phi) is 4.47. The molecular formula is C11H15F3N4O3. The molecule has 2 rings (SSSR count). The van der Waals surface area contributed by atoms with Crippen LogP contribution >= 0.6 is 0 Å². The largest absolute Gasteiger partial charge is 0.415 e. The minimum Gasteiger partial charge on any atom is -0.382 e. The molecule has 1 aliphatic rings. The van der Waals surface area contributed by atoms with E-state index >= 15 is 0 Å². The monoisotopic (exact) mass is 308 g/mol. The van der Waals surface area contributed by atoms with Crippen LogP contribution in [0.4, 0.5) is 19.0 Å². The van der Waals surface area contributed by atoms with Crippen molar-refractivity contribution in [3.8, 4) is 0 Å². The van der Waals surface area contributed by atoms with Crippen molar-refractivity contribution in [2.45, 2.75) is 37.7 Å². The van der Waals surface area contributed by atoms with E-state index in [1.54, 1.807) is 4.90 Å². The van der Waals surface area contributed by atoms with Gasteiger partial charge in [0.15, 0.2) is 6.10 Å². The summed E-state index contributed by atoms with van der Waals surface area (Å²) in [6, 6.07) is 0.266. The quantitative estimate of drug-likeness (QED) is 0.652. The number of hydrogen-bond acceptors (Lipinski definition) is 5. The van der Waals surface area contributed by atoms with Gasteiger partial charge in [-0.3, -0.25) is 4.90 Å². The molecular weight excluding hydrogens is 293 g/mol. The number of aliphatic hydroxyl groups excluding tert-OH is 1. The van der Waals surface area contributed by atoms with Crippen LogP contribution in [0.25, 0.3) is 0 Å². The highest BCUT2D eigenvalue weighted by Gasteiger charge is 2.46. The van der Waals surface area contributed by atoms with E-state index < -0.39 is 23.2 Å². The van der Waals surface area contributed by atoms with Gasteiger partial charge in [-0.05, 0) is 24.3 Å². The molecule has 1 aromatic heterocycles. The minimum atomic E-state index is -4.64. The molecule has 0 spiro atoms. The minimum absolute atomic E-state index is 0.231. The van der Waals surface area contributed by atoms with Crippen molar-refractivity contribution in [3.63, 3.8) is 0 Å². The molecule has 118 valence electrons. The Hall–Kier alpha value is -1.68. The summed E-state index contributed by atoms with van der Waals surface area (Å²) in [7, 11) is 0. The molecule has 1 fully saturated rings. The van der Waals surface area contributed by atoms with Crippen LogP contribution in [0.3, 0.4) is 0 Å². The Balaban J connectivity index is 1.93. The van der Waals surface area contributed by atoms with Gasteiger partial charge in [-0.1, -0.05) is 0 Å². The van der Waals surface area contributed by atoms with Gasteiger partial charge in [0.2, 0.25) is 0 Å². The highest BCUT2D eigenvalue weighted by Crippen LogP contribution is 2.30. The summed E-state index contributed by atoms with van der Waals surface area (Å²) in [5.74, 6) is -0.303. The Morgan fingerprint density at radius 2 is 2.24 bits per heavy atom. The third-order valence-electron chi connectivity index (χ3n) is 3.54. The van der Waals surface area contributed by atoms with Gasteiger partial charge >= 0.3 is 12.0 Å². The molecule has 1 saturated heterocycles. The van der Waals surface area contributed by atoms with E-state index in [0.29, 0.717) is 13.0 Å². The number of aliphatic hydroxyl groups is 1. The molecule has 0 amide bonds. The number of halogens is 3. The summed E-state index contributed by atoms with van der Waals surface area (Å²) in [6.45, 7) is 0.937. The van der Waals surface area contributed by atoms with Crippen LogP contribution < -0.4 is 0 Å². The molecule has 2 atom stereocenters. The first-order chi connectivity index (χ1) is 9.79. The Morgan fingerprint density at radius 3 is 2.81 bits per heavy atom. The van der Waals surface area contributed by atoms with Crippen molar-refractivity contribution in [1.29, 1.82) is 0 Å². The zero-order chi connectivity index (χ0) is 15.6. The molecule has 1 aromatic rings. The maximum Gasteiger partial charge on any atom is 0.415 e. The molecule has 2 heterocycles. The van der Waals surface area contributed by atoms with Crippen LogP contribution in [0, 0.1) is 10.1 Å². The van der Waals surface area contributed by atoms with Gasteiger partial charge in [-0.15, -0.1) is 0 Å². The van der Waals surface area contributed by atoms with Crippen molar-refractivity contribution < 1.29 is 23.2 Å². The normalized spacial score (nSPS) is 21.6. The predicted octanol–water partition coefficient (Wildman–Crippen LogP) is 1.18. The number of alkyl halides is 3. The molecule has 0 radical (unpaired) electrons. The van der Waals surface area contributed by atoms with Gasteiger partial charge in [-0.25, -0.2) is 0 Å². The second-order valence-corrected chi connectivity index (χ2v) is 4.93. The lowest BCUT2D eigenvalue weighted by atomic mass is 10.1. The molecule has 0 bridgehead atoms. The average molecular weight is 308 g/mol. The zero-order valence-electron chi connectivity index (χ0n) is 11.0. The SMILES string of the molecule is O=[N+]([O-])c1ccn(CCN2CCCC2C(O)C(F)(F)F)n1. The van der Waals surface area contributed by atoms with Gasteiger partial charge in [0, 0.05) is 12.6 Å². The maximum atomic E-state index is 12.6. The van der Waals surface area contributed by atoms with Crippen molar-refractivity contribution in [1.82, 2.24) is 14.7 Å². The fourth-order valence-corrected chi connectivity index (χ4v) is 2.51. The summed E-state index contributed by atoms with van der Waals surface area (Å²) >= 11 is 0. The van der Waals surface area contributed by atoms with Gasteiger partial charge in [0.05, 0.1) is 23.9 Å². The smallest absolute Gasteiger partial charge is 0.382 e. The highest BCUT2D eigenvalue weighted by atomic mass is 19.4. The first-order valence-electron chi connectivity index (χ1n) is 6.45. The topological polar surface area (TPSA) is 84.4 Å². The molecule has 21 heavy (non-hydrogen) atoms. The number of nitro groups is 1.